The van der Waals surface area contributed by atoms with Gasteiger partial charge in [0.05, 0.1) is 12.1 Å². The predicted molar refractivity (Wildman–Crippen MR) is 174 cm³/mol. The first-order valence-electron chi connectivity index (χ1n) is 15.2. The largest absolute Gasteiger partial charge is 0.507 e. The fourth-order valence-electron chi connectivity index (χ4n) is 5.91. The van der Waals surface area contributed by atoms with Gasteiger partial charge in [0.15, 0.2) is 17.5 Å². The Morgan fingerprint density at radius 3 is 2.17 bits per heavy atom. The molecule has 48 heavy (non-hydrogen) atoms. The molecule has 0 spiro atoms. The molecule has 6 rings (SSSR count). The summed E-state index contributed by atoms with van der Waals surface area (Å²) in [4.78, 5) is 43.1. The number of aliphatic hydroxyl groups is 1. The van der Waals surface area contributed by atoms with Crippen LogP contribution in [0.25, 0.3) is 16.5 Å². The fraction of sp³-hybridized carbons (Fsp3) is 0.162. The average molecular weight is 656 g/mol. The van der Waals surface area contributed by atoms with E-state index < -0.39 is 51.8 Å². The van der Waals surface area contributed by atoms with Gasteiger partial charge in [0.1, 0.15) is 11.6 Å². The molecule has 1 saturated heterocycles. The SMILES string of the molecule is O=C(C=C(O)c1cc(Cc2cc(F)c(F)c(F)c2)cn(Cc2ccccc2F)c1=O)C(=O)N1CCN(c2cccc3ccccc23)CC1. The minimum Gasteiger partial charge on any atom is -0.507 e. The van der Waals surface area contributed by atoms with Gasteiger partial charge in [0.25, 0.3) is 11.5 Å². The molecule has 0 saturated carbocycles. The van der Waals surface area contributed by atoms with Crippen LogP contribution in [0.4, 0.5) is 23.2 Å². The smallest absolute Gasteiger partial charge is 0.294 e. The van der Waals surface area contributed by atoms with E-state index in [-0.39, 0.29) is 42.7 Å². The van der Waals surface area contributed by atoms with E-state index in [2.05, 4.69) is 4.90 Å². The molecule has 2 heterocycles. The quantitative estimate of drug-likeness (QED) is 0.0728. The standard InChI is InChI=1S/C37H29F4N3O4/c38-29-10-4-2-7-26(29)22-44-21-24(16-23-18-30(39)35(41)31(40)19-23)17-28(36(44)47)33(45)20-34(46)37(48)43-14-12-42(13-15-43)32-11-5-8-25-6-1-3-9-27(25)32/h1-11,17-21,45H,12-16,22H2. The maximum absolute atomic E-state index is 14.5. The molecule has 11 heteroatoms. The number of anilines is 1. The zero-order valence-corrected chi connectivity index (χ0v) is 25.5. The molecule has 0 bridgehead atoms. The summed E-state index contributed by atoms with van der Waals surface area (Å²) >= 11 is 0. The first kappa shape index (κ1) is 32.2. The Labute approximate surface area is 272 Å². The molecule has 0 atom stereocenters. The van der Waals surface area contributed by atoms with Crippen molar-refractivity contribution in [1.82, 2.24) is 9.47 Å². The molecule has 5 aromatic rings. The van der Waals surface area contributed by atoms with Crippen LogP contribution in [-0.4, -0.2) is 52.4 Å². The van der Waals surface area contributed by atoms with Crippen LogP contribution in [0.15, 0.2) is 102 Å². The Balaban J connectivity index is 1.24. The molecule has 0 aliphatic carbocycles. The first-order chi connectivity index (χ1) is 23.1. The van der Waals surface area contributed by atoms with E-state index in [1.165, 1.54) is 35.4 Å². The third-order valence-corrected chi connectivity index (χ3v) is 8.32. The van der Waals surface area contributed by atoms with E-state index in [1.807, 2.05) is 42.5 Å². The van der Waals surface area contributed by atoms with Crippen molar-refractivity contribution < 1.29 is 32.3 Å². The Morgan fingerprint density at radius 2 is 1.44 bits per heavy atom. The van der Waals surface area contributed by atoms with Crippen molar-refractivity contribution in [1.29, 1.82) is 0 Å². The lowest BCUT2D eigenvalue weighted by atomic mass is 10.0. The monoisotopic (exact) mass is 655 g/mol. The summed E-state index contributed by atoms with van der Waals surface area (Å²) in [5, 5.41) is 13.1. The van der Waals surface area contributed by atoms with Gasteiger partial charge in [-0.25, -0.2) is 17.6 Å². The molecule has 0 radical (unpaired) electrons. The van der Waals surface area contributed by atoms with Crippen LogP contribution < -0.4 is 10.5 Å². The summed E-state index contributed by atoms with van der Waals surface area (Å²) < 4.78 is 57.0. The molecule has 4 aromatic carbocycles. The molecular weight excluding hydrogens is 626 g/mol. The van der Waals surface area contributed by atoms with Crippen molar-refractivity contribution in [3.63, 3.8) is 0 Å². The predicted octanol–water partition coefficient (Wildman–Crippen LogP) is 6.01. The van der Waals surface area contributed by atoms with Crippen molar-refractivity contribution in [2.45, 2.75) is 13.0 Å². The van der Waals surface area contributed by atoms with Crippen LogP contribution in [0.2, 0.25) is 0 Å². The van der Waals surface area contributed by atoms with Crippen molar-refractivity contribution in [2.24, 2.45) is 0 Å². The average Bonchev–Trinajstić information content (AvgIpc) is 3.08. The van der Waals surface area contributed by atoms with E-state index in [4.69, 9.17) is 0 Å². The number of halogens is 4. The van der Waals surface area contributed by atoms with Crippen molar-refractivity contribution in [2.75, 3.05) is 31.1 Å². The first-order valence-corrected chi connectivity index (χ1v) is 15.2. The number of aromatic nitrogens is 1. The third kappa shape index (κ3) is 6.71. The van der Waals surface area contributed by atoms with Crippen molar-refractivity contribution >= 4 is 33.9 Å². The summed E-state index contributed by atoms with van der Waals surface area (Å²) in [5.41, 5.74) is 0.200. The highest BCUT2D eigenvalue weighted by molar-refractivity contribution is 6.41. The third-order valence-electron chi connectivity index (χ3n) is 8.32. The van der Waals surface area contributed by atoms with Gasteiger partial charge >= 0.3 is 0 Å². The number of carbonyl (C=O) groups is 2. The van der Waals surface area contributed by atoms with Gasteiger partial charge < -0.3 is 19.5 Å². The lowest BCUT2D eigenvalue weighted by molar-refractivity contribution is -0.142. The molecule has 1 amide bonds. The van der Waals surface area contributed by atoms with Crippen LogP contribution in [0.3, 0.4) is 0 Å². The van der Waals surface area contributed by atoms with Crippen molar-refractivity contribution in [3.8, 4) is 0 Å². The molecule has 1 aromatic heterocycles. The van der Waals surface area contributed by atoms with Gasteiger partial charge in [-0.3, -0.25) is 14.4 Å². The van der Waals surface area contributed by atoms with Crippen LogP contribution in [0.5, 0.6) is 0 Å². The lowest BCUT2D eigenvalue weighted by Crippen LogP contribution is -2.50. The minimum atomic E-state index is -1.64. The second-order valence-corrected chi connectivity index (χ2v) is 11.5. The normalized spacial score (nSPS) is 13.6. The minimum absolute atomic E-state index is 0.0193. The Bertz CT molecular complexity index is 2110. The highest BCUT2D eigenvalue weighted by Gasteiger charge is 2.27. The van der Waals surface area contributed by atoms with E-state index >= 15 is 0 Å². The number of piperazine rings is 1. The number of nitrogens with zero attached hydrogens (tertiary/aromatic N) is 3. The van der Waals surface area contributed by atoms with E-state index in [0.29, 0.717) is 19.2 Å². The van der Waals surface area contributed by atoms with Gasteiger partial charge in [-0.1, -0.05) is 54.6 Å². The fourth-order valence-corrected chi connectivity index (χ4v) is 5.91. The molecule has 1 fully saturated rings. The molecule has 0 unspecified atom stereocenters. The Kier molecular flexibility index (Phi) is 9.11. The zero-order chi connectivity index (χ0) is 33.9. The van der Waals surface area contributed by atoms with Gasteiger partial charge in [0.2, 0.25) is 5.78 Å². The highest BCUT2D eigenvalue weighted by atomic mass is 19.2. The highest BCUT2D eigenvalue weighted by Crippen LogP contribution is 2.27. The van der Waals surface area contributed by atoms with Crippen molar-refractivity contribution in [3.05, 3.63) is 153 Å². The number of hydrogen-bond donors (Lipinski definition) is 1. The summed E-state index contributed by atoms with van der Waals surface area (Å²) in [5.74, 6) is -7.78. The van der Waals surface area contributed by atoms with E-state index in [1.54, 1.807) is 6.07 Å². The number of amides is 1. The lowest BCUT2D eigenvalue weighted by Gasteiger charge is -2.36. The van der Waals surface area contributed by atoms with Gasteiger partial charge in [-0.05, 0) is 53.3 Å². The molecule has 7 nitrogen and oxygen atoms in total. The summed E-state index contributed by atoms with van der Waals surface area (Å²) in [6, 6.07) is 22.4. The summed E-state index contributed by atoms with van der Waals surface area (Å²) in [7, 11) is 0. The molecule has 244 valence electrons. The number of pyridine rings is 1. The van der Waals surface area contributed by atoms with Gasteiger partial charge in [-0.15, -0.1) is 0 Å². The molecule has 1 aliphatic rings. The number of rotatable bonds is 8. The second kappa shape index (κ2) is 13.6. The maximum Gasteiger partial charge on any atom is 0.294 e. The number of aliphatic hydroxyl groups excluding tert-OH is 1. The summed E-state index contributed by atoms with van der Waals surface area (Å²) in [6.07, 6.45) is 1.76. The maximum atomic E-state index is 14.5. The Hall–Kier alpha value is -5.71. The number of fused-ring (bicyclic) bond motifs is 1. The number of carbonyl (C=O) groups excluding carboxylic acids is 2. The zero-order valence-electron chi connectivity index (χ0n) is 25.5. The number of benzene rings is 4. The van der Waals surface area contributed by atoms with Crippen LogP contribution in [0, 0.1) is 23.3 Å². The number of hydrogen-bond acceptors (Lipinski definition) is 5. The second-order valence-electron chi connectivity index (χ2n) is 11.5. The molecule has 1 N–H and O–H groups in total. The topological polar surface area (TPSA) is 82.8 Å². The van der Waals surface area contributed by atoms with Gasteiger partial charge in [0, 0.05) is 55.1 Å². The van der Waals surface area contributed by atoms with E-state index in [0.717, 1.165) is 33.2 Å². The van der Waals surface area contributed by atoms with Gasteiger partial charge in [-0.2, -0.15) is 0 Å². The van der Waals surface area contributed by atoms with Crippen LogP contribution in [0.1, 0.15) is 22.3 Å². The van der Waals surface area contributed by atoms with Crippen LogP contribution in [-0.2, 0) is 22.6 Å². The summed E-state index contributed by atoms with van der Waals surface area (Å²) in [6.45, 7) is 1.15. The Morgan fingerprint density at radius 1 is 0.771 bits per heavy atom. The van der Waals surface area contributed by atoms with E-state index in [9.17, 15) is 37.1 Å². The molecular formula is C37H29F4N3O4. The molecule has 1 aliphatic heterocycles. The number of ketones is 1. The van der Waals surface area contributed by atoms with Crippen LogP contribution >= 0.6 is 0 Å².